The van der Waals surface area contributed by atoms with E-state index in [9.17, 15) is 4.79 Å². The molecule has 116 valence electrons. The summed E-state index contributed by atoms with van der Waals surface area (Å²) in [6.07, 6.45) is 0. The first kappa shape index (κ1) is 14.9. The van der Waals surface area contributed by atoms with Gasteiger partial charge in [-0.05, 0) is 47.2 Å². The molecule has 0 radical (unpaired) electrons. The van der Waals surface area contributed by atoms with Gasteiger partial charge in [-0.15, -0.1) is 0 Å². The van der Waals surface area contributed by atoms with E-state index in [0.717, 1.165) is 22.2 Å². The third kappa shape index (κ3) is 3.11. The minimum absolute atomic E-state index is 0.381. The van der Waals surface area contributed by atoms with Crippen LogP contribution in [-0.2, 0) is 4.74 Å². The summed E-state index contributed by atoms with van der Waals surface area (Å²) in [7, 11) is 3.00. The van der Waals surface area contributed by atoms with Crippen LogP contribution >= 0.6 is 0 Å². The first-order chi connectivity index (χ1) is 11.2. The van der Waals surface area contributed by atoms with E-state index in [1.165, 1.54) is 7.11 Å². The van der Waals surface area contributed by atoms with Crippen molar-refractivity contribution in [2.75, 3.05) is 19.5 Å². The minimum Gasteiger partial charge on any atom is -0.497 e. The first-order valence-corrected chi connectivity index (χ1v) is 7.23. The molecule has 0 heterocycles. The van der Waals surface area contributed by atoms with Gasteiger partial charge in [-0.2, -0.15) is 0 Å². The summed E-state index contributed by atoms with van der Waals surface area (Å²) >= 11 is 0. The third-order valence-electron chi connectivity index (χ3n) is 3.64. The molecule has 0 atom stereocenters. The van der Waals surface area contributed by atoms with Crippen molar-refractivity contribution in [2.24, 2.45) is 0 Å². The second-order valence-corrected chi connectivity index (χ2v) is 5.09. The molecule has 0 saturated carbocycles. The number of ether oxygens (including phenoxy) is 2. The number of fused-ring (bicyclic) bond motifs is 1. The van der Waals surface area contributed by atoms with Crippen molar-refractivity contribution < 1.29 is 14.3 Å². The Kier molecular flexibility index (Phi) is 4.15. The van der Waals surface area contributed by atoms with Gasteiger partial charge in [0.15, 0.2) is 0 Å². The molecule has 4 heteroatoms. The third-order valence-corrected chi connectivity index (χ3v) is 3.64. The molecule has 4 nitrogen and oxygen atoms in total. The largest absolute Gasteiger partial charge is 0.497 e. The molecule has 0 spiro atoms. The van der Waals surface area contributed by atoms with E-state index in [1.54, 1.807) is 7.11 Å². The van der Waals surface area contributed by atoms with E-state index < -0.39 is 0 Å². The second kappa shape index (κ2) is 6.40. The van der Waals surface area contributed by atoms with Gasteiger partial charge in [0.05, 0.1) is 25.5 Å². The lowest BCUT2D eigenvalue weighted by Gasteiger charge is -2.13. The molecule has 0 aliphatic carbocycles. The first-order valence-electron chi connectivity index (χ1n) is 7.23. The van der Waals surface area contributed by atoms with E-state index in [4.69, 9.17) is 9.47 Å². The highest BCUT2D eigenvalue weighted by Gasteiger charge is 2.14. The Balaban J connectivity index is 2.12. The van der Waals surface area contributed by atoms with E-state index in [1.807, 2.05) is 60.7 Å². The molecule has 3 aromatic carbocycles. The highest BCUT2D eigenvalue weighted by Crippen LogP contribution is 2.29. The summed E-state index contributed by atoms with van der Waals surface area (Å²) in [5, 5.41) is 5.21. The molecule has 0 unspecified atom stereocenters. The van der Waals surface area contributed by atoms with Crippen molar-refractivity contribution >= 4 is 28.1 Å². The molecule has 0 fully saturated rings. The number of carbonyl (C=O) groups excluding carboxylic acids is 1. The van der Waals surface area contributed by atoms with Crippen molar-refractivity contribution in [1.82, 2.24) is 0 Å². The van der Waals surface area contributed by atoms with Gasteiger partial charge >= 0.3 is 5.97 Å². The number of nitrogens with one attached hydrogen (secondary N) is 1. The quantitative estimate of drug-likeness (QED) is 0.727. The highest BCUT2D eigenvalue weighted by atomic mass is 16.5. The van der Waals surface area contributed by atoms with Crippen LogP contribution in [0.1, 0.15) is 10.4 Å². The van der Waals surface area contributed by atoms with Crippen LogP contribution in [0.3, 0.4) is 0 Å². The van der Waals surface area contributed by atoms with Gasteiger partial charge in [0, 0.05) is 5.69 Å². The maximum absolute atomic E-state index is 12.1. The van der Waals surface area contributed by atoms with Crippen molar-refractivity contribution in [1.29, 1.82) is 0 Å². The summed E-state index contributed by atoms with van der Waals surface area (Å²) in [5.74, 6) is 0.366. The summed E-state index contributed by atoms with van der Waals surface area (Å²) in [6.45, 7) is 0. The Morgan fingerprint density at radius 3 is 2.39 bits per heavy atom. The lowest BCUT2D eigenvalue weighted by Crippen LogP contribution is -2.06. The number of benzene rings is 3. The molecular weight excluding hydrogens is 290 g/mol. The SMILES string of the molecule is COC(=O)c1cc2cc(OC)ccc2cc1Nc1ccccc1. The Hall–Kier alpha value is -3.01. The molecule has 0 aliphatic rings. The predicted octanol–water partition coefficient (Wildman–Crippen LogP) is 4.38. The van der Waals surface area contributed by atoms with Crippen LogP contribution in [0.2, 0.25) is 0 Å². The molecule has 0 amide bonds. The van der Waals surface area contributed by atoms with E-state index in [-0.39, 0.29) is 5.97 Å². The lowest BCUT2D eigenvalue weighted by atomic mass is 10.0. The summed E-state index contributed by atoms with van der Waals surface area (Å²) < 4.78 is 10.2. The summed E-state index contributed by atoms with van der Waals surface area (Å²) in [6, 6.07) is 19.2. The van der Waals surface area contributed by atoms with E-state index >= 15 is 0 Å². The molecule has 0 bridgehead atoms. The summed E-state index contributed by atoms with van der Waals surface area (Å²) in [5.41, 5.74) is 2.10. The monoisotopic (exact) mass is 307 g/mol. The van der Waals surface area contributed by atoms with Crippen molar-refractivity contribution in [3.05, 3.63) is 66.2 Å². The second-order valence-electron chi connectivity index (χ2n) is 5.09. The smallest absolute Gasteiger partial charge is 0.339 e. The zero-order valence-electron chi connectivity index (χ0n) is 13.0. The van der Waals surface area contributed by atoms with Gasteiger partial charge in [-0.3, -0.25) is 0 Å². The standard InChI is InChI=1S/C19H17NO3/c1-22-16-9-8-13-12-18(20-15-6-4-3-5-7-15)17(19(21)23-2)11-14(13)10-16/h3-12,20H,1-2H3. The molecule has 3 aromatic rings. The number of hydrogen-bond donors (Lipinski definition) is 1. The number of methoxy groups -OCH3 is 2. The number of rotatable bonds is 4. The number of para-hydroxylation sites is 1. The van der Waals surface area contributed by atoms with Gasteiger partial charge < -0.3 is 14.8 Å². The highest BCUT2D eigenvalue weighted by molar-refractivity contribution is 6.02. The fraction of sp³-hybridized carbons (Fsp3) is 0.105. The molecule has 0 saturated heterocycles. The molecule has 3 rings (SSSR count). The van der Waals surface area contributed by atoms with Gasteiger partial charge in [0.2, 0.25) is 0 Å². The Morgan fingerprint density at radius 1 is 0.913 bits per heavy atom. The number of anilines is 2. The Morgan fingerprint density at radius 2 is 1.70 bits per heavy atom. The molecule has 1 N–H and O–H groups in total. The van der Waals surface area contributed by atoms with Crippen LogP contribution in [-0.4, -0.2) is 20.2 Å². The van der Waals surface area contributed by atoms with Crippen LogP contribution in [0.5, 0.6) is 5.75 Å². The molecular formula is C19H17NO3. The van der Waals surface area contributed by atoms with Gasteiger partial charge in [0.1, 0.15) is 5.75 Å². The zero-order valence-corrected chi connectivity index (χ0v) is 13.0. The van der Waals surface area contributed by atoms with Crippen LogP contribution in [0.25, 0.3) is 10.8 Å². The van der Waals surface area contributed by atoms with Crippen molar-refractivity contribution in [2.45, 2.75) is 0 Å². The van der Waals surface area contributed by atoms with Gasteiger partial charge in [-0.25, -0.2) is 4.79 Å². The predicted molar refractivity (Wildman–Crippen MR) is 91.6 cm³/mol. The molecule has 0 aromatic heterocycles. The molecule has 0 aliphatic heterocycles. The maximum atomic E-state index is 12.1. The van der Waals surface area contributed by atoms with Crippen LogP contribution in [0, 0.1) is 0 Å². The summed E-state index contributed by atoms with van der Waals surface area (Å²) in [4.78, 5) is 12.1. The van der Waals surface area contributed by atoms with Gasteiger partial charge in [-0.1, -0.05) is 24.3 Å². The van der Waals surface area contributed by atoms with Crippen LogP contribution in [0.15, 0.2) is 60.7 Å². The fourth-order valence-corrected chi connectivity index (χ4v) is 2.46. The molecule has 23 heavy (non-hydrogen) atoms. The van der Waals surface area contributed by atoms with Crippen LogP contribution in [0.4, 0.5) is 11.4 Å². The fourth-order valence-electron chi connectivity index (χ4n) is 2.46. The normalized spacial score (nSPS) is 10.3. The van der Waals surface area contributed by atoms with E-state index in [0.29, 0.717) is 11.3 Å². The Labute approximate surface area is 134 Å². The number of esters is 1. The topological polar surface area (TPSA) is 47.6 Å². The van der Waals surface area contributed by atoms with E-state index in [2.05, 4.69) is 5.32 Å². The minimum atomic E-state index is -0.381. The number of hydrogen-bond acceptors (Lipinski definition) is 4. The van der Waals surface area contributed by atoms with Gasteiger partial charge in [0.25, 0.3) is 0 Å². The lowest BCUT2D eigenvalue weighted by molar-refractivity contribution is 0.0602. The Bertz CT molecular complexity index is 844. The average Bonchev–Trinajstić information content (AvgIpc) is 2.61. The maximum Gasteiger partial charge on any atom is 0.339 e. The zero-order chi connectivity index (χ0) is 16.2. The van der Waals surface area contributed by atoms with Crippen LogP contribution < -0.4 is 10.1 Å². The number of carbonyl (C=O) groups is 1. The average molecular weight is 307 g/mol. The van der Waals surface area contributed by atoms with Crippen molar-refractivity contribution in [3.8, 4) is 5.75 Å². The van der Waals surface area contributed by atoms with Crippen molar-refractivity contribution in [3.63, 3.8) is 0 Å².